The Morgan fingerprint density at radius 3 is 2.33 bits per heavy atom. The first kappa shape index (κ1) is 15.8. The van der Waals surface area contributed by atoms with Gasteiger partial charge in [-0.1, -0.05) is 36.8 Å². The topological polar surface area (TPSA) is 79.3 Å². The lowest BCUT2D eigenvalue weighted by Gasteiger charge is -2.29. The molecule has 0 spiro atoms. The fourth-order valence-electron chi connectivity index (χ4n) is 1.58. The van der Waals surface area contributed by atoms with Crippen LogP contribution in [0.15, 0.2) is 4.21 Å². The molecule has 2 N–H and O–H groups in total. The van der Waals surface area contributed by atoms with Crippen LogP contribution in [0.25, 0.3) is 0 Å². The highest BCUT2D eigenvalue weighted by Gasteiger charge is 2.33. The van der Waals surface area contributed by atoms with Crippen LogP contribution in [0.4, 0.5) is 0 Å². The third-order valence-electron chi connectivity index (χ3n) is 2.98. The van der Waals surface area contributed by atoms with Gasteiger partial charge in [0.2, 0.25) is 0 Å². The molecule has 1 aromatic rings. The highest BCUT2D eigenvalue weighted by atomic mass is 35.5. The van der Waals surface area contributed by atoms with Crippen LogP contribution < -0.4 is 4.72 Å². The quantitative estimate of drug-likeness (QED) is 0.841. The first-order chi connectivity index (χ1) is 8.30. The van der Waals surface area contributed by atoms with E-state index < -0.39 is 15.6 Å². The molecule has 0 saturated heterocycles. The van der Waals surface area contributed by atoms with Crippen LogP contribution in [-0.4, -0.2) is 30.7 Å². The van der Waals surface area contributed by atoms with Gasteiger partial charge in [0.1, 0.15) is 0 Å². The second-order valence-electron chi connectivity index (χ2n) is 4.09. The maximum atomic E-state index is 12.2. The highest BCUT2D eigenvalue weighted by Crippen LogP contribution is 2.28. The molecule has 0 bridgehead atoms. The van der Waals surface area contributed by atoms with Crippen molar-refractivity contribution in [3.8, 4) is 0 Å². The van der Waals surface area contributed by atoms with E-state index in [0.29, 0.717) is 18.5 Å². The van der Waals surface area contributed by atoms with E-state index in [1.807, 2.05) is 13.8 Å². The van der Waals surface area contributed by atoms with Crippen molar-refractivity contribution < 1.29 is 13.5 Å². The van der Waals surface area contributed by atoms with Gasteiger partial charge in [-0.25, -0.2) is 18.1 Å². The standard InChI is InChI=1S/C10H17ClN2O3S2/c1-4-10(5-2,6-14)13-18(15,16)8-7(3)12-9(11)17-8/h13-14H,4-6H2,1-3H3. The minimum Gasteiger partial charge on any atom is -0.394 e. The molecule has 1 heterocycles. The maximum absolute atomic E-state index is 12.2. The Kier molecular flexibility index (Phi) is 5.13. The van der Waals surface area contributed by atoms with E-state index in [4.69, 9.17) is 11.6 Å². The minimum absolute atomic E-state index is 0.104. The van der Waals surface area contributed by atoms with E-state index in [2.05, 4.69) is 9.71 Å². The molecule has 8 heteroatoms. The molecule has 104 valence electrons. The van der Waals surface area contributed by atoms with Gasteiger partial charge in [0.05, 0.1) is 17.8 Å². The lowest BCUT2D eigenvalue weighted by molar-refractivity contribution is 0.172. The molecule has 0 aliphatic carbocycles. The highest BCUT2D eigenvalue weighted by molar-refractivity contribution is 7.91. The SMILES string of the molecule is CCC(CC)(CO)NS(=O)(=O)c1sc(Cl)nc1C. The number of nitrogens with zero attached hydrogens (tertiary/aromatic N) is 1. The fraction of sp³-hybridized carbons (Fsp3) is 0.700. The summed E-state index contributed by atoms with van der Waals surface area (Å²) in [5, 5.41) is 9.40. The predicted molar refractivity (Wildman–Crippen MR) is 72.6 cm³/mol. The Bertz CT molecular complexity index is 501. The maximum Gasteiger partial charge on any atom is 0.252 e. The average Bonchev–Trinajstić information content (AvgIpc) is 2.66. The zero-order valence-electron chi connectivity index (χ0n) is 10.5. The van der Waals surface area contributed by atoms with Crippen molar-refractivity contribution in [1.29, 1.82) is 0 Å². The van der Waals surface area contributed by atoms with Crippen molar-refractivity contribution in [2.24, 2.45) is 0 Å². The third kappa shape index (κ3) is 3.21. The number of aromatic nitrogens is 1. The number of hydrogen-bond acceptors (Lipinski definition) is 5. The first-order valence-electron chi connectivity index (χ1n) is 5.58. The van der Waals surface area contributed by atoms with Crippen LogP contribution in [0.1, 0.15) is 32.4 Å². The number of aliphatic hydroxyl groups excluding tert-OH is 1. The normalized spacial score (nSPS) is 12.9. The summed E-state index contributed by atoms with van der Waals surface area (Å²) in [6.45, 7) is 5.00. The van der Waals surface area contributed by atoms with E-state index >= 15 is 0 Å². The van der Waals surface area contributed by atoms with Crippen molar-refractivity contribution in [2.45, 2.75) is 43.4 Å². The monoisotopic (exact) mass is 312 g/mol. The van der Waals surface area contributed by atoms with Gasteiger partial charge in [0.15, 0.2) is 8.68 Å². The number of hydrogen-bond donors (Lipinski definition) is 2. The van der Waals surface area contributed by atoms with Crippen molar-refractivity contribution in [1.82, 2.24) is 9.71 Å². The Labute approximate surface area is 116 Å². The fourth-order valence-corrected chi connectivity index (χ4v) is 4.86. The molecule has 1 aromatic heterocycles. The van der Waals surface area contributed by atoms with Crippen LogP contribution in [0.3, 0.4) is 0 Å². The number of nitrogens with one attached hydrogen (secondary N) is 1. The molecule has 0 aliphatic rings. The molecular formula is C10H17ClN2O3S2. The second kappa shape index (κ2) is 5.83. The largest absolute Gasteiger partial charge is 0.394 e. The van der Waals surface area contributed by atoms with Crippen LogP contribution in [-0.2, 0) is 10.0 Å². The molecule has 0 fully saturated rings. The van der Waals surface area contributed by atoms with E-state index in [9.17, 15) is 13.5 Å². The zero-order valence-corrected chi connectivity index (χ0v) is 12.9. The Hall–Kier alpha value is -0.210. The smallest absolute Gasteiger partial charge is 0.252 e. The van der Waals surface area contributed by atoms with E-state index in [-0.39, 0.29) is 15.3 Å². The van der Waals surface area contributed by atoms with Crippen molar-refractivity contribution in [2.75, 3.05) is 6.61 Å². The summed E-state index contributed by atoms with van der Waals surface area (Å²) in [6, 6.07) is 0. The summed E-state index contributed by atoms with van der Waals surface area (Å²) >= 11 is 6.63. The lowest BCUT2D eigenvalue weighted by atomic mass is 9.96. The van der Waals surface area contributed by atoms with Crippen molar-refractivity contribution >= 4 is 33.0 Å². The summed E-state index contributed by atoms with van der Waals surface area (Å²) in [5.41, 5.74) is -0.460. The van der Waals surface area contributed by atoms with Gasteiger partial charge in [-0.3, -0.25) is 0 Å². The predicted octanol–water partition coefficient (Wildman–Crippen LogP) is 1.93. The molecule has 0 atom stereocenters. The molecule has 1 rings (SSSR count). The second-order valence-corrected chi connectivity index (χ2v) is 7.55. The van der Waals surface area contributed by atoms with E-state index in [1.54, 1.807) is 6.92 Å². The molecule has 0 radical (unpaired) electrons. The molecule has 0 saturated carbocycles. The summed E-state index contributed by atoms with van der Waals surface area (Å²) in [7, 11) is -3.70. The molecule has 5 nitrogen and oxygen atoms in total. The molecule has 18 heavy (non-hydrogen) atoms. The Balaban J connectivity index is 3.12. The summed E-state index contributed by atoms with van der Waals surface area (Å²) < 4.78 is 27.4. The van der Waals surface area contributed by atoms with E-state index in [1.165, 1.54) is 0 Å². The van der Waals surface area contributed by atoms with Gasteiger partial charge in [0, 0.05) is 0 Å². The first-order valence-corrected chi connectivity index (χ1v) is 8.25. The van der Waals surface area contributed by atoms with Gasteiger partial charge in [-0.15, -0.1) is 0 Å². The van der Waals surface area contributed by atoms with Crippen LogP contribution in [0.5, 0.6) is 0 Å². The summed E-state index contributed by atoms with van der Waals surface area (Å²) in [4.78, 5) is 3.89. The van der Waals surface area contributed by atoms with Gasteiger partial charge < -0.3 is 5.11 Å². The third-order valence-corrected chi connectivity index (χ3v) is 6.43. The van der Waals surface area contributed by atoms with Gasteiger partial charge in [-0.2, -0.15) is 0 Å². The van der Waals surface area contributed by atoms with Crippen LogP contribution in [0, 0.1) is 6.92 Å². The number of rotatable bonds is 6. The molecule has 0 aromatic carbocycles. The number of sulfonamides is 1. The number of halogens is 1. The minimum atomic E-state index is -3.70. The molecule has 0 unspecified atom stereocenters. The van der Waals surface area contributed by atoms with Gasteiger partial charge >= 0.3 is 0 Å². The molecule has 0 aliphatic heterocycles. The Morgan fingerprint density at radius 2 is 2.00 bits per heavy atom. The van der Waals surface area contributed by atoms with E-state index in [0.717, 1.165) is 11.3 Å². The van der Waals surface area contributed by atoms with Crippen molar-refractivity contribution in [3.05, 3.63) is 10.2 Å². The number of aliphatic hydroxyl groups is 1. The zero-order chi connectivity index (χ0) is 14.0. The van der Waals surface area contributed by atoms with Crippen LogP contribution in [0.2, 0.25) is 4.47 Å². The van der Waals surface area contributed by atoms with Gasteiger partial charge in [0.25, 0.3) is 10.0 Å². The average molecular weight is 313 g/mol. The van der Waals surface area contributed by atoms with Crippen LogP contribution >= 0.6 is 22.9 Å². The number of thiazole rings is 1. The number of aryl methyl sites for hydroxylation is 1. The molecular weight excluding hydrogens is 296 g/mol. The van der Waals surface area contributed by atoms with Gasteiger partial charge in [-0.05, 0) is 19.8 Å². The summed E-state index contributed by atoms with van der Waals surface area (Å²) in [5.74, 6) is 0. The lowest BCUT2D eigenvalue weighted by Crippen LogP contribution is -2.50. The van der Waals surface area contributed by atoms with Crippen molar-refractivity contribution in [3.63, 3.8) is 0 Å². The molecule has 0 amide bonds. The summed E-state index contributed by atoms with van der Waals surface area (Å²) in [6.07, 6.45) is 1.01. The Morgan fingerprint density at radius 1 is 1.44 bits per heavy atom.